The predicted octanol–water partition coefficient (Wildman–Crippen LogP) is 4.16. The molecule has 4 nitrogen and oxygen atoms in total. The van der Waals surface area contributed by atoms with Gasteiger partial charge in [-0.15, -0.1) is 0 Å². The summed E-state index contributed by atoms with van der Waals surface area (Å²) in [6.07, 6.45) is -0.964. The van der Waals surface area contributed by atoms with E-state index in [-0.39, 0.29) is 24.0 Å². The van der Waals surface area contributed by atoms with Crippen LogP contribution >= 0.6 is 0 Å². The second kappa shape index (κ2) is 9.17. The molecule has 1 N–H and O–H groups in total. The standard InChI is InChI=1S/C16H20F3NO3/c1-23-15(22)10-5-3-2-4-9-14(21)20-13-8-6-7-12(11-13)16(17,18)19/h6-8,11H,2-5,9-10H2,1H3,(H,20,21). The number of esters is 1. The summed E-state index contributed by atoms with van der Waals surface area (Å²) in [4.78, 5) is 22.6. The number of anilines is 1. The fraction of sp³-hybridized carbons (Fsp3) is 0.500. The van der Waals surface area contributed by atoms with Gasteiger partial charge in [-0.2, -0.15) is 13.2 Å². The molecule has 0 radical (unpaired) electrons. The van der Waals surface area contributed by atoms with Crippen molar-refractivity contribution in [3.8, 4) is 0 Å². The first kappa shape index (κ1) is 19.0. The molecule has 7 heteroatoms. The minimum Gasteiger partial charge on any atom is -0.469 e. The molecule has 0 aliphatic heterocycles. The second-order valence-electron chi connectivity index (χ2n) is 5.12. The Morgan fingerprint density at radius 3 is 2.35 bits per heavy atom. The zero-order valence-corrected chi connectivity index (χ0v) is 12.9. The fourth-order valence-electron chi connectivity index (χ4n) is 2.01. The lowest BCUT2D eigenvalue weighted by Crippen LogP contribution is -2.12. The summed E-state index contributed by atoms with van der Waals surface area (Å²) in [6.45, 7) is 0. The topological polar surface area (TPSA) is 55.4 Å². The first-order chi connectivity index (χ1) is 10.8. The lowest BCUT2D eigenvalue weighted by atomic mass is 10.1. The third kappa shape index (κ3) is 7.67. The van der Waals surface area contributed by atoms with Crippen molar-refractivity contribution in [1.29, 1.82) is 0 Å². The van der Waals surface area contributed by atoms with E-state index in [1.807, 2.05) is 0 Å². The molecular weight excluding hydrogens is 311 g/mol. The van der Waals surface area contributed by atoms with E-state index in [4.69, 9.17) is 0 Å². The number of hydrogen-bond donors (Lipinski definition) is 1. The summed E-state index contributed by atoms with van der Waals surface area (Å²) in [5.74, 6) is -0.579. The van der Waals surface area contributed by atoms with E-state index in [1.54, 1.807) is 0 Å². The molecule has 23 heavy (non-hydrogen) atoms. The van der Waals surface area contributed by atoms with Gasteiger partial charge in [-0.1, -0.05) is 18.9 Å². The molecule has 0 aliphatic rings. The number of halogens is 3. The molecule has 1 aromatic carbocycles. The van der Waals surface area contributed by atoms with E-state index in [2.05, 4.69) is 10.1 Å². The van der Waals surface area contributed by atoms with Gasteiger partial charge in [-0.05, 0) is 31.0 Å². The maximum atomic E-state index is 12.6. The summed E-state index contributed by atoms with van der Waals surface area (Å²) in [5.41, 5.74) is -0.659. The average molecular weight is 331 g/mol. The number of ether oxygens (including phenoxy) is 1. The van der Waals surface area contributed by atoms with Crippen molar-refractivity contribution < 1.29 is 27.5 Å². The third-order valence-electron chi connectivity index (χ3n) is 3.24. The molecule has 0 atom stereocenters. The molecule has 0 saturated heterocycles. The third-order valence-corrected chi connectivity index (χ3v) is 3.24. The number of alkyl halides is 3. The maximum absolute atomic E-state index is 12.6. The number of nitrogens with one attached hydrogen (secondary N) is 1. The fourth-order valence-corrected chi connectivity index (χ4v) is 2.01. The number of hydrogen-bond acceptors (Lipinski definition) is 3. The Balaban J connectivity index is 2.28. The highest BCUT2D eigenvalue weighted by Crippen LogP contribution is 2.30. The molecule has 1 rings (SSSR count). The molecule has 0 spiro atoms. The van der Waals surface area contributed by atoms with Gasteiger partial charge in [-0.25, -0.2) is 0 Å². The highest BCUT2D eigenvalue weighted by Gasteiger charge is 2.30. The number of amides is 1. The van der Waals surface area contributed by atoms with Crippen LogP contribution in [0.4, 0.5) is 18.9 Å². The first-order valence-electron chi connectivity index (χ1n) is 7.37. The number of benzene rings is 1. The van der Waals surface area contributed by atoms with Crippen LogP contribution in [0.3, 0.4) is 0 Å². The Labute approximate surface area is 133 Å². The van der Waals surface area contributed by atoms with Crippen molar-refractivity contribution in [3.05, 3.63) is 29.8 Å². The van der Waals surface area contributed by atoms with Crippen molar-refractivity contribution in [2.24, 2.45) is 0 Å². The number of carbonyl (C=O) groups is 2. The number of unbranched alkanes of at least 4 members (excludes halogenated alkanes) is 3. The Morgan fingerprint density at radius 1 is 1.09 bits per heavy atom. The van der Waals surface area contributed by atoms with Gasteiger partial charge in [0, 0.05) is 18.5 Å². The maximum Gasteiger partial charge on any atom is 0.416 e. The van der Waals surface area contributed by atoms with E-state index in [0.717, 1.165) is 25.0 Å². The summed E-state index contributed by atoms with van der Waals surface area (Å²) in [5, 5.41) is 2.46. The van der Waals surface area contributed by atoms with Crippen LogP contribution in [0.1, 0.15) is 44.1 Å². The lowest BCUT2D eigenvalue weighted by Gasteiger charge is -2.09. The van der Waals surface area contributed by atoms with Crippen LogP contribution in [-0.2, 0) is 20.5 Å². The zero-order chi connectivity index (χ0) is 17.3. The van der Waals surface area contributed by atoms with Crippen molar-refractivity contribution >= 4 is 17.6 Å². The van der Waals surface area contributed by atoms with Crippen LogP contribution < -0.4 is 5.32 Å². The molecule has 0 unspecified atom stereocenters. The van der Waals surface area contributed by atoms with E-state index < -0.39 is 11.7 Å². The lowest BCUT2D eigenvalue weighted by molar-refractivity contribution is -0.140. The SMILES string of the molecule is COC(=O)CCCCCCC(=O)Nc1cccc(C(F)(F)F)c1. The summed E-state index contributed by atoms with van der Waals surface area (Å²) < 4.78 is 42.2. The molecule has 0 heterocycles. The van der Waals surface area contributed by atoms with Crippen LogP contribution in [0.2, 0.25) is 0 Å². The molecule has 0 aromatic heterocycles. The van der Waals surface area contributed by atoms with Crippen LogP contribution in [0.15, 0.2) is 24.3 Å². The minimum atomic E-state index is -4.43. The minimum absolute atomic E-state index is 0.135. The molecule has 1 amide bonds. The molecule has 0 fully saturated rings. The average Bonchev–Trinajstić information content (AvgIpc) is 2.49. The van der Waals surface area contributed by atoms with Gasteiger partial charge in [0.05, 0.1) is 12.7 Å². The molecule has 0 saturated carbocycles. The summed E-state index contributed by atoms with van der Waals surface area (Å²) in [6, 6.07) is 4.54. The van der Waals surface area contributed by atoms with E-state index in [9.17, 15) is 22.8 Å². The molecule has 1 aromatic rings. The zero-order valence-electron chi connectivity index (χ0n) is 12.9. The molecule has 0 aliphatic carbocycles. The van der Waals surface area contributed by atoms with Crippen LogP contribution in [0, 0.1) is 0 Å². The van der Waals surface area contributed by atoms with Gasteiger partial charge >= 0.3 is 12.1 Å². The molecule has 128 valence electrons. The van der Waals surface area contributed by atoms with E-state index in [0.29, 0.717) is 19.3 Å². The van der Waals surface area contributed by atoms with Crippen LogP contribution in [0.5, 0.6) is 0 Å². The normalized spacial score (nSPS) is 11.1. The predicted molar refractivity (Wildman–Crippen MR) is 79.8 cm³/mol. The van der Waals surface area contributed by atoms with Gasteiger partial charge in [-0.3, -0.25) is 9.59 Å². The number of carbonyl (C=O) groups excluding carboxylic acids is 2. The monoisotopic (exact) mass is 331 g/mol. The first-order valence-corrected chi connectivity index (χ1v) is 7.37. The molecular formula is C16H20F3NO3. The number of methoxy groups -OCH3 is 1. The largest absolute Gasteiger partial charge is 0.469 e. The van der Waals surface area contributed by atoms with Gasteiger partial charge in [0.15, 0.2) is 0 Å². The van der Waals surface area contributed by atoms with Gasteiger partial charge in [0.1, 0.15) is 0 Å². The van der Waals surface area contributed by atoms with Gasteiger partial charge < -0.3 is 10.1 Å². The van der Waals surface area contributed by atoms with Crippen LogP contribution in [-0.4, -0.2) is 19.0 Å². The number of rotatable bonds is 8. The Bertz CT molecular complexity index is 530. The summed E-state index contributed by atoms with van der Waals surface area (Å²) in [7, 11) is 1.33. The Kier molecular flexibility index (Phi) is 7.57. The Morgan fingerprint density at radius 2 is 1.74 bits per heavy atom. The van der Waals surface area contributed by atoms with Crippen molar-refractivity contribution in [2.45, 2.75) is 44.7 Å². The highest BCUT2D eigenvalue weighted by atomic mass is 19.4. The summed E-state index contributed by atoms with van der Waals surface area (Å²) >= 11 is 0. The van der Waals surface area contributed by atoms with Crippen LogP contribution in [0.25, 0.3) is 0 Å². The van der Waals surface area contributed by atoms with Crippen molar-refractivity contribution in [3.63, 3.8) is 0 Å². The van der Waals surface area contributed by atoms with Crippen molar-refractivity contribution in [1.82, 2.24) is 0 Å². The smallest absolute Gasteiger partial charge is 0.416 e. The van der Waals surface area contributed by atoms with Crippen molar-refractivity contribution in [2.75, 3.05) is 12.4 Å². The van der Waals surface area contributed by atoms with Gasteiger partial charge in [0.2, 0.25) is 5.91 Å². The highest BCUT2D eigenvalue weighted by molar-refractivity contribution is 5.90. The quantitative estimate of drug-likeness (QED) is 0.575. The molecule has 0 bridgehead atoms. The Hall–Kier alpha value is -2.05. The van der Waals surface area contributed by atoms with Gasteiger partial charge in [0.25, 0.3) is 0 Å². The van der Waals surface area contributed by atoms with E-state index in [1.165, 1.54) is 19.2 Å². The van der Waals surface area contributed by atoms with E-state index >= 15 is 0 Å². The second-order valence-corrected chi connectivity index (χ2v) is 5.12.